The van der Waals surface area contributed by atoms with Crippen LogP contribution < -0.4 is 4.74 Å². The summed E-state index contributed by atoms with van der Waals surface area (Å²) in [6.07, 6.45) is 4.82. The predicted molar refractivity (Wildman–Crippen MR) is 73.1 cm³/mol. The molecule has 0 aliphatic heterocycles. The van der Waals surface area contributed by atoms with Crippen molar-refractivity contribution in [2.75, 3.05) is 0 Å². The van der Waals surface area contributed by atoms with Gasteiger partial charge in [-0.05, 0) is 65.7 Å². The van der Waals surface area contributed by atoms with Gasteiger partial charge in [-0.15, -0.1) is 0 Å². The normalized spacial score (nSPS) is 23.7. The van der Waals surface area contributed by atoms with E-state index in [1.165, 1.54) is 12.8 Å². The largest absolute Gasteiger partial charge is 0.489 e. The highest BCUT2D eigenvalue weighted by molar-refractivity contribution is 9.10. The molecular formula is C14H17BrO3. The first-order chi connectivity index (χ1) is 8.56. The van der Waals surface area contributed by atoms with Crippen molar-refractivity contribution in [3.8, 4) is 5.75 Å². The van der Waals surface area contributed by atoms with E-state index in [0.717, 1.165) is 24.5 Å². The average molecular weight is 313 g/mol. The molecule has 0 atom stereocenters. The molecule has 0 spiro atoms. The average Bonchev–Trinajstić information content (AvgIpc) is 2.34. The second-order valence-corrected chi connectivity index (χ2v) is 5.80. The van der Waals surface area contributed by atoms with E-state index in [9.17, 15) is 4.79 Å². The van der Waals surface area contributed by atoms with E-state index < -0.39 is 5.97 Å². The minimum absolute atomic E-state index is 0.258. The first-order valence-electron chi connectivity index (χ1n) is 6.25. The van der Waals surface area contributed by atoms with E-state index in [4.69, 9.17) is 9.84 Å². The van der Waals surface area contributed by atoms with Gasteiger partial charge in [-0.3, -0.25) is 0 Å². The molecule has 1 aromatic carbocycles. The Morgan fingerprint density at radius 2 is 2.00 bits per heavy atom. The standard InChI is InChI=1S/C14H17BrO3/c1-9-2-5-11(6-3-9)18-13-7-4-10(14(16)17)8-12(13)15/h4,7-9,11H,2-3,5-6H2,1H3,(H,16,17). The Morgan fingerprint density at radius 3 is 2.56 bits per heavy atom. The van der Waals surface area contributed by atoms with Gasteiger partial charge >= 0.3 is 5.97 Å². The zero-order valence-corrected chi connectivity index (χ0v) is 11.9. The zero-order valence-electron chi connectivity index (χ0n) is 10.4. The zero-order chi connectivity index (χ0) is 13.1. The molecule has 98 valence electrons. The fourth-order valence-electron chi connectivity index (χ4n) is 2.26. The summed E-state index contributed by atoms with van der Waals surface area (Å²) < 4.78 is 6.64. The summed E-state index contributed by atoms with van der Waals surface area (Å²) in [7, 11) is 0. The van der Waals surface area contributed by atoms with E-state index in [-0.39, 0.29) is 11.7 Å². The van der Waals surface area contributed by atoms with Crippen molar-refractivity contribution in [1.29, 1.82) is 0 Å². The third-order valence-corrected chi connectivity index (χ3v) is 4.06. The van der Waals surface area contributed by atoms with E-state index >= 15 is 0 Å². The van der Waals surface area contributed by atoms with Crippen LogP contribution in [-0.4, -0.2) is 17.2 Å². The molecule has 0 aromatic heterocycles. The SMILES string of the molecule is CC1CCC(Oc2ccc(C(=O)O)cc2Br)CC1. The number of hydrogen-bond donors (Lipinski definition) is 1. The fourth-order valence-corrected chi connectivity index (χ4v) is 2.73. The van der Waals surface area contributed by atoms with Crippen LogP contribution in [0.5, 0.6) is 5.75 Å². The molecule has 0 saturated heterocycles. The van der Waals surface area contributed by atoms with Crippen LogP contribution in [0.1, 0.15) is 43.0 Å². The number of carboxylic acid groups (broad SMARTS) is 1. The topological polar surface area (TPSA) is 46.5 Å². The summed E-state index contributed by atoms with van der Waals surface area (Å²) in [5.74, 6) is 0.607. The molecule has 0 amide bonds. The van der Waals surface area contributed by atoms with E-state index in [1.54, 1.807) is 18.2 Å². The molecule has 18 heavy (non-hydrogen) atoms. The Balaban J connectivity index is 2.03. The lowest BCUT2D eigenvalue weighted by Crippen LogP contribution is -2.23. The highest BCUT2D eigenvalue weighted by atomic mass is 79.9. The molecule has 1 N–H and O–H groups in total. The maximum absolute atomic E-state index is 10.8. The van der Waals surface area contributed by atoms with Gasteiger partial charge in [0.25, 0.3) is 0 Å². The molecule has 0 bridgehead atoms. The summed E-state index contributed by atoms with van der Waals surface area (Å²) in [6, 6.07) is 4.89. The monoisotopic (exact) mass is 312 g/mol. The Bertz CT molecular complexity index is 437. The minimum atomic E-state index is -0.922. The first-order valence-corrected chi connectivity index (χ1v) is 7.05. The molecule has 0 heterocycles. The van der Waals surface area contributed by atoms with Crippen LogP contribution >= 0.6 is 15.9 Å². The highest BCUT2D eigenvalue weighted by Crippen LogP contribution is 2.31. The maximum Gasteiger partial charge on any atom is 0.335 e. The molecule has 4 heteroatoms. The third kappa shape index (κ3) is 3.25. The molecule has 1 aliphatic rings. The summed E-state index contributed by atoms with van der Waals surface area (Å²) in [5.41, 5.74) is 0.270. The molecule has 3 nitrogen and oxygen atoms in total. The highest BCUT2D eigenvalue weighted by Gasteiger charge is 2.20. The summed E-state index contributed by atoms with van der Waals surface area (Å²) in [6.45, 7) is 2.27. The fraction of sp³-hybridized carbons (Fsp3) is 0.500. The Morgan fingerprint density at radius 1 is 1.33 bits per heavy atom. The van der Waals surface area contributed by atoms with E-state index in [0.29, 0.717) is 4.47 Å². The van der Waals surface area contributed by atoms with Crippen LogP contribution in [-0.2, 0) is 0 Å². The molecule has 1 fully saturated rings. The van der Waals surface area contributed by atoms with Gasteiger partial charge < -0.3 is 9.84 Å². The number of halogens is 1. The Hall–Kier alpha value is -1.03. The molecule has 1 aliphatic carbocycles. The van der Waals surface area contributed by atoms with Gasteiger partial charge in [0.05, 0.1) is 16.1 Å². The van der Waals surface area contributed by atoms with Gasteiger partial charge in [0.1, 0.15) is 5.75 Å². The van der Waals surface area contributed by atoms with Crippen LogP contribution in [0.2, 0.25) is 0 Å². The predicted octanol–water partition coefficient (Wildman–Crippen LogP) is 4.10. The lowest BCUT2D eigenvalue weighted by atomic mass is 9.89. The van der Waals surface area contributed by atoms with Crippen LogP contribution in [0.15, 0.2) is 22.7 Å². The van der Waals surface area contributed by atoms with Crippen molar-refractivity contribution >= 4 is 21.9 Å². The molecule has 0 radical (unpaired) electrons. The van der Waals surface area contributed by atoms with Gasteiger partial charge in [-0.2, -0.15) is 0 Å². The van der Waals surface area contributed by atoms with Gasteiger partial charge in [0.2, 0.25) is 0 Å². The number of carbonyl (C=O) groups is 1. The van der Waals surface area contributed by atoms with Crippen LogP contribution in [0.25, 0.3) is 0 Å². The van der Waals surface area contributed by atoms with Gasteiger partial charge in [0, 0.05) is 0 Å². The second-order valence-electron chi connectivity index (χ2n) is 4.95. The Kier molecular flexibility index (Phi) is 4.27. The smallest absolute Gasteiger partial charge is 0.335 e. The molecule has 1 aromatic rings. The first kappa shape index (κ1) is 13.4. The summed E-state index contributed by atoms with van der Waals surface area (Å²) >= 11 is 3.37. The molecule has 1 saturated carbocycles. The van der Waals surface area contributed by atoms with Gasteiger partial charge in [0.15, 0.2) is 0 Å². The minimum Gasteiger partial charge on any atom is -0.489 e. The number of ether oxygens (including phenoxy) is 1. The van der Waals surface area contributed by atoms with E-state index in [2.05, 4.69) is 22.9 Å². The molecular weight excluding hydrogens is 296 g/mol. The number of aromatic carboxylic acids is 1. The summed E-state index contributed by atoms with van der Waals surface area (Å²) in [4.78, 5) is 10.8. The van der Waals surface area contributed by atoms with E-state index in [1.807, 2.05) is 0 Å². The molecule has 0 unspecified atom stereocenters. The van der Waals surface area contributed by atoms with Crippen molar-refractivity contribution in [2.45, 2.75) is 38.7 Å². The number of carboxylic acids is 1. The van der Waals surface area contributed by atoms with Crippen molar-refractivity contribution < 1.29 is 14.6 Å². The van der Waals surface area contributed by atoms with Crippen LogP contribution in [0.3, 0.4) is 0 Å². The third-order valence-electron chi connectivity index (χ3n) is 3.44. The van der Waals surface area contributed by atoms with Gasteiger partial charge in [-0.25, -0.2) is 4.79 Å². The van der Waals surface area contributed by atoms with Crippen LogP contribution in [0.4, 0.5) is 0 Å². The van der Waals surface area contributed by atoms with Crippen molar-refractivity contribution in [2.24, 2.45) is 5.92 Å². The van der Waals surface area contributed by atoms with Crippen molar-refractivity contribution in [1.82, 2.24) is 0 Å². The number of rotatable bonds is 3. The molecule has 2 rings (SSSR count). The van der Waals surface area contributed by atoms with Crippen LogP contribution in [0, 0.1) is 5.92 Å². The quantitative estimate of drug-likeness (QED) is 0.913. The number of hydrogen-bond acceptors (Lipinski definition) is 2. The second kappa shape index (κ2) is 5.74. The van der Waals surface area contributed by atoms with Gasteiger partial charge in [-0.1, -0.05) is 6.92 Å². The number of benzene rings is 1. The Labute approximate surface area is 115 Å². The maximum atomic E-state index is 10.8. The lowest BCUT2D eigenvalue weighted by molar-refractivity contribution is 0.0696. The van der Waals surface area contributed by atoms with Crippen molar-refractivity contribution in [3.05, 3.63) is 28.2 Å². The lowest BCUT2D eigenvalue weighted by Gasteiger charge is -2.27. The summed E-state index contributed by atoms with van der Waals surface area (Å²) in [5, 5.41) is 8.89. The van der Waals surface area contributed by atoms with Crippen molar-refractivity contribution in [3.63, 3.8) is 0 Å².